The lowest BCUT2D eigenvalue weighted by Gasteiger charge is -2.31. The average Bonchev–Trinajstić information content (AvgIpc) is 2.29. The van der Waals surface area contributed by atoms with Crippen LogP contribution in [0.2, 0.25) is 0 Å². The Morgan fingerprint density at radius 2 is 2.12 bits per heavy atom. The molecule has 17 heavy (non-hydrogen) atoms. The van der Waals surface area contributed by atoms with Crippen LogP contribution in [-0.2, 0) is 10.0 Å². The summed E-state index contributed by atoms with van der Waals surface area (Å²) in [4.78, 5) is -0.0325. The number of piperidine rings is 1. The van der Waals surface area contributed by atoms with Crippen molar-refractivity contribution in [3.05, 3.63) is 30.1 Å². The molecule has 0 radical (unpaired) electrons. The fourth-order valence-electron chi connectivity index (χ4n) is 1.99. The minimum atomic E-state index is -3.67. The Morgan fingerprint density at radius 1 is 1.35 bits per heavy atom. The molecule has 1 saturated heterocycles. The van der Waals surface area contributed by atoms with E-state index in [2.05, 4.69) is 0 Å². The van der Waals surface area contributed by atoms with E-state index in [0.717, 1.165) is 18.9 Å². The van der Waals surface area contributed by atoms with Gasteiger partial charge in [0, 0.05) is 6.54 Å². The molecule has 0 saturated carbocycles. The maximum Gasteiger partial charge on any atom is 0.244 e. The quantitative estimate of drug-likeness (QED) is 0.869. The van der Waals surface area contributed by atoms with E-state index in [-0.39, 0.29) is 4.90 Å². The Morgan fingerprint density at radius 3 is 2.76 bits per heavy atom. The number of hydrogen-bond donors (Lipinski definition) is 1. The van der Waals surface area contributed by atoms with Crippen molar-refractivity contribution in [2.75, 3.05) is 6.54 Å². The summed E-state index contributed by atoms with van der Waals surface area (Å²) in [6, 6.07) is 5.02. The molecule has 0 aliphatic carbocycles. The highest BCUT2D eigenvalue weighted by atomic mass is 32.2. The third-order valence-corrected chi connectivity index (χ3v) is 4.82. The Bertz CT molecular complexity index is 504. The van der Waals surface area contributed by atoms with Gasteiger partial charge in [0.1, 0.15) is 5.82 Å². The lowest BCUT2D eigenvalue weighted by atomic mass is 10.1. The van der Waals surface area contributed by atoms with E-state index in [9.17, 15) is 12.8 Å². The van der Waals surface area contributed by atoms with Crippen molar-refractivity contribution in [2.45, 2.75) is 30.3 Å². The molecule has 0 spiro atoms. The topological polar surface area (TPSA) is 63.4 Å². The number of halogens is 1. The van der Waals surface area contributed by atoms with Crippen molar-refractivity contribution < 1.29 is 12.8 Å². The summed E-state index contributed by atoms with van der Waals surface area (Å²) in [5.41, 5.74) is 5.79. The predicted octanol–water partition coefficient (Wildman–Crippen LogP) is 1.29. The second kappa shape index (κ2) is 4.72. The molecule has 1 aliphatic rings. The zero-order chi connectivity index (χ0) is 12.5. The van der Waals surface area contributed by atoms with Crippen LogP contribution in [0.1, 0.15) is 19.3 Å². The number of rotatable bonds is 2. The van der Waals surface area contributed by atoms with Gasteiger partial charge in [-0.2, -0.15) is 4.31 Å². The molecular weight excluding hydrogens is 243 g/mol. The SMILES string of the molecule is NC1CCCCN1S(=O)(=O)c1cccc(F)c1. The standard InChI is InChI=1S/C11H15FN2O2S/c12-9-4-3-5-10(8-9)17(15,16)14-7-2-1-6-11(14)13/h3-5,8,11H,1-2,6-7,13H2. The summed E-state index contributed by atoms with van der Waals surface area (Å²) in [5.74, 6) is -0.559. The van der Waals surface area contributed by atoms with E-state index >= 15 is 0 Å². The van der Waals surface area contributed by atoms with Crippen molar-refractivity contribution in [3.8, 4) is 0 Å². The zero-order valence-corrected chi connectivity index (χ0v) is 10.2. The molecule has 0 bridgehead atoms. The van der Waals surface area contributed by atoms with Crippen molar-refractivity contribution in [2.24, 2.45) is 5.73 Å². The lowest BCUT2D eigenvalue weighted by molar-refractivity contribution is 0.258. The van der Waals surface area contributed by atoms with Gasteiger partial charge in [0.2, 0.25) is 10.0 Å². The highest BCUT2D eigenvalue weighted by Gasteiger charge is 2.31. The summed E-state index contributed by atoms with van der Waals surface area (Å²) in [6.07, 6.45) is 1.87. The molecule has 0 amide bonds. The Balaban J connectivity index is 2.35. The molecule has 1 unspecified atom stereocenters. The third-order valence-electron chi connectivity index (χ3n) is 2.90. The first kappa shape index (κ1) is 12.5. The van der Waals surface area contributed by atoms with Crippen molar-refractivity contribution in [3.63, 3.8) is 0 Å². The second-order valence-electron chi connectivity index (χ2n) is 4.14. The van der Waals surface area contributed by atoms with Gasteiger partial charge in [-0.3, -0.25) is 0 Å². The van der Waals surface area contributed by atoms with Crippen LogP contribution in [0.25, 0.3) is 0 Å². The fourth-order valence-corrected chi connectivity index (χ4v) is 3.61. The normalized spacial score (nSPS) is 22.6. The largest absolute Gasteiger partial charge is 0.315 e. The summed E-state index contributed by atoms with van der Waals surface area (Å²) >= 11 is 0. The monoisotopic (exact) mass is 258 g/mol. The molecule has 1 heterocycles. The number of benzene rings is 1. The van der Waals surface area contributed by atoms with Gasteiger partial charge in [0.15, 0.2) is 0 Å². The van der Waals surface area contributed by atoms with Gasteiger partial charge in [-0.1, -0.05) is 6.07 Å². The van der Waals surface area contributed by atoms with Crippen LogP contribution in [0.15, 0.2) is 29.2 Å². The Kier molecular flexibility index (Phi) is 3.46. The smallest absolute Gasteiger partial charge is 0.244 e. The first-order valence-corrected chi connectivity index (χ1v) is 6.99. The number of nitrogens with two attached hydrogens (primary N) is 1. The van der Waals surface area contributed by atoms with E-state index in [0.29, 0.717) is 13.0 Å². The molecule has 0 aromatic heterocycles. The van der Waals surface area contributed by atoms with Gasteiger partial charge in [-0.25, -0.2) is 12.8 Å². The molecule has 1 atom stereocenters. The minimum Gasteiger partial charge on any atom is -0.315 e. The molecular formula is C11H15FN2O2S. The highest BCUT2D eigenvalue weighted by molar-refractivity contribution is 7.89. The van der Waals surface area contributed by atoms with Gasteiger partial charge < -0.3 is 5.73 Å². The van der Waals surface area contributed by atoms with Crippen LogP contribution in [0.4, 0.5) is 4.39 Å². The Labute approximate surface area is 100 Å². The van der Waals surface area contributed by atoms with Crippen LogP contribution >= 0.6 is 0 Å². The van der Waals surface area contributed by atoms with Gasteiger partial charge in [0.25, 0.3) is 0 Å². The third kappa shape index (κ3) is 2.48. The number of sulfonamides is 1. The molecule has 2 rings (SSSR count). The van der Waals surface area contributed by atoms with Crippen molar-refractivity contribution >= 4 is 10.0 Å². The summed E-state index contributed by atoms with van der Waals surface area (Å²) in [5, 5.41) is 0. The highest BCUT2D eigenvalue weighted by Crippen LogP contribution is 2.23. The van der Waals surface area contributed by atoms with Crippen LogP contribution < -0.4 is 5.73 Å². The molecule has 2 N–H and O–H groups in total. The molecule has 1 aliphatic heterocycles. The van der Waals surface area contributed by atoms with Gasteiger partial charge in [-0.05, 0) is 37.5 Å². The molecule has 1 aromatic rings. The first-order valence-electron chi connectivity index (χ1n) is 5.55. The van der Waals surface area contributed by atoms with E-state index in [1.54, 1.807) is 0 Å². The van der Waals surface area contributed by atoms with E-state index in [4.69, 9.17) is 5.73 Å². The molecule has 94 valence electrons. The van der Waals surface area contributed by atoms with Gasteiger partial charge in [-0.15, -0.1) is 0 Å². The van der Waals surface area contributed by atoms with E-state index < -0.39 is 22.0 Å². The molecule has 6 heteroatoms. The summed E-state index contributed by atoms with van der Waals surface area (Å²) < 4.78 is 38.8. The molecule has 4 nitrogen and oxygen atoms in total. The van der Waals surface area contributed by atoms with Crippen molar-refractivity contribution in [1.29, 1.82) is 0 Å². The van der Waals surface area contributed by atoms with Crippen LogP contribution in [0.3, 0.4) is 0 Å². The Hall–Kier alpha value is -0.980. The minimum absolute atomic E-state index is 0.0325. The molecule has 1 aromatic carbocycles. The number of hydrogen-bond acceptors (Lipinski definition) is 3. The van der Waals surface area contributed by atoms with E-state index in [1.807, 2.05) is 0 Å². The number of nitrogens with zero attached hydrogens (tertiary/aromatic N) is 1. The lowest BCUT2D eigenvalue weighted by Crippen LogP contribution is -2.48. The van der Waals surface area contributed by atoms with Crippen molar-refractivity contribution in [1.82, 2.24) is 4.31 Å². The second-order valence-corrected chi connectivity index (χ2v) is 6.03. The van der Waals surface area contributed by atoms with Crippen LogP contribution in [-0.4, -0.2) is 25.4 Å². The maximum atomic E-state index is 13.0. The summed E-state index contributed by atoms with van der Waals surface area (Å²) in [6.45, 7) is 0.403. The fraction of sp³-hybridized carbons (Fsp3) is 0.455. The van der Waals surface area contributed by atoms with E-state index in [1.165, 1.54) is 22.5 Å². The zero-order valence-electron chi connectivity index (χ0n) is 9.34. The van der Waals surface area contributed by atoms with Gasteiger partial charge >= 0.3 is 0 Å². The summed E-state index contributed by atoms with van der Waals surface area (Å²) in [7, 11) is -3.67. The first-order chi connectivity index (χ1) is 8.01. The van der Waals surface area contributed by atoms with Crippen LogP contribution in [0, 0.1) is 5.82 Å². The van der Waals surface area contributed by atoms with Gasteiger partial charge in [0.05, 0.1) is 11.1 Å². The maximum absolute atomic E-state index is 13.0. The molecule has 1 fully saturated rings. The van der Waals surface area contributed by atoms with Crippen LogP contribution in [0.5, 0.6) is 0 Å². The average molecular weight is 258 g/mol. The predicted molar refractivity (Wildman–Crippen MR) is 62.1 cm³/mol.